The number of nitrogens with zero attached hydrogens (tertiary/aromatic N) is 2. The Bertz CT molecular complexity index is 959. The maximum absolute atomic E-state index is 13.3. The normalized spacial score (nSPS) is 18.5. The average Bonchev–Trinajstić information content (AvgIpc) is 3.31. The summed E-state index contributed by atoms with van der Waals surface area (Å²) in [6, 6.07) is 15.6. The van der Waals surface area contributed by atoms with Crippen LogP contribution in [0.3, 0.4) is 0 Å². The number of carbonyl (C=O) groups is 1. The van der Waals surface area contributed by atoms with Crippen LogP contribution >= 0.6 is 11.3 Å². The van der Waals surface area contributed by atoms with E-state index >= 15 is 0 Å². The van der Waals surface area contributed by atoms with Gasteiger partial charge in [0.1, 0.15) is 11.5 Å². The second-order valence-corrected chi connectivity index (χ2v) is 8.50. The number of nitrogens with one attached hydrogen (secondary N) is 1. The lowest BCUT2D eigenvalue weighted by Gasteiger charge is -2.33. The molecule has 29 heavy (non-hydrogen) atoms. The lowest BCUT2D eigenvalue weighted by Crippen LogP contribution is -2.42. The number of amides is 1. The number of piperidine rings is 1. The maximum atomic E-state index is 13.3. The topological polar surface area (TPSA) is 54.5 Å². The standard InChI is InChI=1S/C23H23N3O2S/c27-22(25-14-16-6-5-12-26(15-16)23-24-11-13-29-23)21-17-7-1-3-9-19(17)28-20-10-4-2-8-18(20)21/h1-4,7-11,13,16,21H,5-6,12,14-15H2,(H,25,27). The molecule has 2 aliphatic heterocycles. The van der Waals surface area contributed by atoms with Crippen molar-refractivity contribution in [3.05, 3.63) is 71.2 Å². The van der Waals surface area contributed by atoms with Crippen LogP contribution < -0.4 is 15.0 Å². The van der Waals surface area contributed by atoms with Crippen LogP contribution in [0, 0.1) is 5.92 Å². The summed E-state index contributed by atoms with van der Waals surface area (Å²) in [7, 11) is 0. The highest BCUT2D eigenvalue weighted by Crippen LogP contribution is 2.43. The predicted molar refractivity (Wildman–Crippen MR) is 115 cm³/mol. The van der Waals surface area contributed by atoms with Crippen molar-refractivity contribution >= 4 is 22.4 Å². The third-order valence-electron chi connectivity index (χ3n) is 5.72. The van der Waals surface area contributed by atoms with Gasteiger partial charge in [0.15, 0.2) is 5.13 Å². The van der Waals surface area contributed by atoms with E-state index < -0.39 is 0 Å². The molecular weight excluding hydrogens is 382 g/mol. The van der Waals surface area contributed by atoms with Crippen LogP contribution in [0.4, 0.5) is 5.13 Å². The summed E-state index contributed by atoms with van der Waals surface area (Å²) in [4.78, 5) is 20.1. The Balaban J connectivity index is 1.31. The molecule has 5 nitrogen and oxygen atoms in total. The molecule has 3 aromatic rings. The first-order valence-electron chi connectivity index (χ1n) is 10.1. The van der Waals surface area contributed by atoms with E-state index in [2.05, 4.69) is 15.2 Å². The Kier molecular flexibility index (Phi) is 4.94. The summed E-state index contributed by atoms with van der Waals surface area (Å²) in [5, 5.41) is 6.32. The molecule has 2 aromatic carbocycles. The molecule has 0 spiro atoms. The summed E-state index contributed by atoms with van der Waals surface area (Å²) in [6.07, 6.45) is 4.11. The van der Waals surface area contributed by atoms with Gasteiger partial charge in [0, 0.05) is 42.3 Å². The zero-order chi connectivity index (χ0) is 19.6. The number of hydrogen-bond donors (Lipinski definition) is 1. The monoisotopic (exact) mass is 405 g/mol. The van der Waals surface area contributed by atoms with Crippen LogP contribution in [-0.2, 0) is 4.79 Å². The SMILES string of the molecule is O=C(NCC1CCCN(c2nccs2)C1)C1c2ccccc2Oc2ccccc21. The van der Waals surface area contributed by atoms with Crippen molar-refractivity contribution in [1.29, 1.82) is 0 Å². The number of fused-ring (bicyclic) bond motifs is 2. The Hall–Kier alpha value is -2.86. The molecule has 5 rings (SSSR count). The second kappa shape index (κ2) is 7.87. The van der Waals surface area contributed by atoms with Crippen LogP contribution in [0.25, 0.3) is 0 Å². The summed E-state index contributed by atoms with van der Waals surface area (Å²) in [5.74, 6) is 1.66. The van der Waals surface area contributed by atoms with Gasteiger partial charge in [-0.25, -0.2) is 4.98 Å². The van der Waals surface area contributed by atoms with Crippen molar-refractivity contribution in [1.82, 2.24) is 10.3 Å². The van der Waals surface area contributed by atoms with Gasteiger partial charge in [0.05, 0.1) is 5.92 Å². The summed E-state index contributed by atoms with van der Waals surface area (Å²) in [5.41, 5.74) is 1.86. The average molecular weight is 406 g/mol. The van der Waals surface area contributed by atoms with E-state index in [1.165, 1.54) is 0 Å². The minimum absolute atomic E-state index is 0.0413. The molecular formula is C23H23N3O2S. The Morgan fingerprint density at radius 1 is 1.14 bits per heavy atom. The van der Waals surface area contributed by atoms with Crippen LogP contribution in [0.2, 0.25) is 0 Å². The number of ether oxygens (including phenoxy) is 1. The van der Waals surface area contributed by atoms with Crippen molar-refractivity contribution in [2.45, 2.75) is 18.8 Å². The fraction of sp³-hybridized carbons (Fsp3) is 0.304. The largest absolute Gasteiger partial charge is 0.457 e. The molecule has 1 amide bonds. The van der Waals surface area contributed by atoms with E-state index in [9.17, 15) is 4.79 Å². The quantitative estimate of drug-likeness (QED) is 0.698. The molecule has 0 radical (unpaired) electrons. The lowest BCUT2D eigenvalue weighted by atomic mass is 9.87. The summed E-state index contributed by atoms with van der Waals surface area (Å²) < 4.78 is 6.02. The molecule has 1 fully saturated rings. The second-order valence-electron chi connectivity index (χ2n) is 7.62. The fourth-order valence-electron chi connectivity index (χ4n) is 4.32. The highest BCUT2D eigenvalue weighted by Gasteiger charge is 2.33. The van der Waals surface area contributed by atoms with Crippen LogP contribution in [0.1, 0.15) is 29.9 Å². The van der Waals surface area contributed by atoms with Crippen LogP contribution in [0.15, 0.2) is 60.1 Å². The first kappa shape index (κ1) is 18.2. The number of carbonyl (C=O) groups excluding carboxylic acids is 1. The smallest absolute Gasteiger partial charge is 0.232 e. The zero-order valence-corrected chi connectivity index (χ0v) is 16.9. The van der Waals surface area contributed by atoms with E-state index in [1.54, 1.807) is 11.3 Å². The highest BCUT2D eigenvalue weighted by molar-refractivity contribution is 7.13. The first-order chi connectivity index (χ1) is 14.3. The molecule has 6 heteroatoms. The molecule has 0 saturated carbocycles. The molecule has 2 aliphatic rings. The van der Waals surface area contributed by atoms with Crippen molar-refractivity contribution in [3.8, 4) is 11.5 Å². The fourth-order valence-corrected chi connectivity index (χ4v) is 5.00. The number of benzene rings is 2. The van der Waals surface area contributed by atoms with Gasteiger partial charge in [-0.3, -0.25) is 4.79 Å². The number of para-hydroxylation sites is 2. The van der Waals surface area contributed by atoms with Crippen LogP contribution in [0.5, 0.6) is 11.5 Å². The van der Waals surface area contributed by atoms with Crippen LogP contribution in [-0.4, -0.2) is 30.5 Å². The minimum atomic E-state index is -0.338. The van der Waals surface area contributed by atoms with Crippen molar-refractivity contribution in [3.63, 3.8) is 0 Å². The van der Waals surface area contributed by atoms with Gasteiger partial charge in [-0.1, -0.05) is 36.4 Å². The summed E-state index contributed by atoms with van der Waals surface area (Å²) in [6.45, 7) is 2.66. The minimum Gasteiger partial charge on any atom is -0.457 e. The molecule has 1 atom stereocenters. The third kappa shape index (κ3) is 3.60. The van der Waals surface area contributed by atoms with E-state index in [0.717, 1.165) is 53.7 Å². The number of hydrogen-bond acceptors (Lipinski definition) is 5. The third-order valence-corrected chi connectivity index (χ3v) is 6.55. The Labute approximate surface area is 174 Å². The molecule has 1 saturated heterocycles. The van der Waals surface area contributed by atoms with Gasteiger partial charge in [-0.15, -0.1) is 11.3 Å². The van der Waals surface area contributed by atoms with Gasteiger partial charge >= 0.3 is 0 Å². The molecule has 3 heterocycles. The summed E-state index contributed by atoms with van der Waals surface area (Å²) >= 11 is 1.68. The maximum Gasteiger partial charge on any atom is 0.232 e. The predicted octanol–water partition coefficient (Wildman–Crippen LogP) is 4.41. The van der Waals surface area contributed by atoms with Crippen molar-refractivity contribution in [2.75, 3.05) is 24.5 Å². The molecule has 0 aliphatic carbocycles. The Morgan fingerprint density at radius 3 is 2.55 bits per heavy atom. The van der Waals surface area contributed by atoms with Crippen molar-refractivity contribution < 1.29 is 9.53 Å². The molecule has 148 valence electrons. The number of rotatable bonds is 4. The molecule has 1 unspecified atom stereocenters. The van der Waals surface area contributed by atoms with Gasteiger partial charge in [-0.2, -0.15) is 0 Å². The van der Waals surface area contributed by atoms with Gasteiger partial charge in [0.2, 0.25) is 5.91 Å². The number of thiazole rings is 1. The molecule has 1 aromatic heterocycles. The van der Waals surface area contributed by atoms with Gasteiger partial charge < -0.3 is 15.0 Å². The van der Waals surface area contributed by atoms with E-state index in [0.29, 0.717) is 12.5 Å². The van der Waals surface area contributed by atoms with Crippen molar-refractivity contribution in [2.24, 2.45) is 5.92 Å². The van der Waals surface area contributed by atoms with E-state index in [-0.39, 0.29) is 11.8 Å². The molecule has 1 N–H and O–H groups in total. The zero-order valence-electron chi connectivity index (χ0n) is 16.1. The highest BCUT2D eigenvalue weighted by atomic mass is 32.1. The molecule has 0 bridgehead atoms. The van der Waals surface area contributed by atoms with Gasteiger partial charge in [-0.05, 0) is 30.9 Å². The number of aromatic nitrogens is 1. The van der Waals surface area contributed by atoms with E-state index in [4.69, 9.17) is 4.74 Å². The first-order valence-corrected chi connectivity index (χ1v) is 11.0. The van der Waals surface area contributed by atoms with E-state index in [1.807, 2.05) is 60.1 Å². The lowest BCUT2D eigenvalue weighted by molar-refractivity contribution is -0.122. The van der Waals surface area contributed by atoms with Gasteiger partial charge in [0.25, 0.3) is 0 Å². The Morgan fingerprint density at radius 2 is 1.86 bits per heavy atom. The number of anilines is 1.